The van der Waals surface area contributed by atoms with Crippen LogP contribution in [0.1, 0.15) is 41.4 Å². The van der Waals surface area contributed by atoms with Crippen LogP contribution in [0.5, 0.6) is 0 Å². The molecule has 0 unspecified atom stereocenters. The summed E-state index contributed by atoms with van der Waals surface area (Å²) in [7, 11) is 0. The SMILES string of the molecule is CC(C)c1c(C(=O)Nc2cc(-n3cnnn3)ccc2F)cnn1-c1ccc(C(F)(F)F)cn1. The number of aromatic nitrogens is 7. The number of anilines is 1. The normalized spacial score (nSPS) is 11.7. The minimum atomic E-state index is -4.53. The first kappa shape index (κ1) is 22.0. The Hall–Kier alpha value is -4.16. The van der Waals surface area contributed by atoms with Gasteiger partial charge in [0.2, 0.25) is 0 Å². The second-order valence-corrected chi connectivity index (χ2v) is 7.29. The predicted molar refractivity (Wildman–Crippen MR) is 108 cm³/mol. The quantitative estimate of drug-likeness (QED) is 0.455. The maximum Gasteiger partial charge on any atom is 0.417 e. The number of carbonyl (C=O) groups is 1. The first-order valence-corrected chi connectivity index (χ1v) is 9.61. The molecule has 0 aliphatic heterocycles. The Morgan fingerprint density at radius 2 is 1.91 bits per heavy atom. The zero-order valence-electron chi connectivity index (χ0n) is 17.2. The molecule has 0 fully saturated rings. The van der Waals surface area contributed by atoms with E-state index in [1.165, 1.54) is 40.1 Å². The van der Waals surface area contributed by atoms with Crippen molar-refractivity contribution >= 4 is 11.6 Å². The van der Waals surface area contributed by atoms with Crippen LogP contribution in [0.4, 0.5) is 23.2 Å². The molecule has 9 nitrogen and oxygen atoms in total. The molecule has 33 heavy (non-hydrogen) atoms. The Balaban J connectivity index is 1.66. The molecule has 1 N–H and O–H groups in total. The highest BCUT2D eigenvalue weighted by atomic mass is 19.4. The van der Waals surface area contributed by atoms with Gasteiger partial charge in [-0.15, -0.1) is 5.10 Å². The number of tetrazole rings is 1. The fourth-order valence-corrected chi connectivity index (χ4v) is 3.17. The van der Waals surface area contributed by atoms with Gasteiger partial charge in [-0.1, -0.05) is 13.8 Å². The molecule has 4 aromatic rings. The van der Waals surface area contributed by atoms with Crippen LogP contribution < -0.4 is 5.32 Å². The van der Waals surface area contributed by atoms with Crippen molar-refractivity contribution in [1.29, 1.82) is 0 Å². The first-order chi connectivity index (χ1) is 15.6. The van der Waals surface area contributed by atoms with Crippen LogP contribution in [-0.4, -0.2) is 40.9 Å². The fourth-order valence-electron chi connectivity index (χ4n) is 3.17. The van der Waals surface area contributed by atoms with Crippen molar-refractivity contribution in [2.75, 3.05) is 5.32 Å². The van der Waals surface area contributed by atoms with Crippen LogP contribution in [0.25, 0.3) is 11.5 Å². The molecule has 0 spiro atoms. The van der Waals surface area contributed by atoms with Gasteiger partial charge in [-0.3, -0.25) is 4.79 Å². The topological polar surface area (TPSA) is 103 Å². The minimum Gasteiger partial charge on any atom is -0.319 e. The summed E-state index contributed by atoms with van der Waals surface area (Å²) in [5.74, 6) is -1.47. The van der Waals surface area contributed by atoms with Gasteiger partial charge in [0.25, 0.3) is 5.91 Å². The Morgan fingerprint density at radius 3 is 2.52 bits per heavy atom. The summed E-state index contributed by atoms with van der Waals surface area (Å²) in [4.78, 5) is 16.8. The average molecular weight is 460 g/mol. The molecule has 1 amide bonds. The third-order valence-electron chi connectivity index (χ3n) is 4.70. The standard InChI is InChI=1S/C20H16F4N8O/c1-11(2)18-14(9-27-32(18)17-6-3-12(8-25-17)20(22,23)24)19(33)28-16-7-13(4-5-15(16)21)31-10-26-29-30-31/h3-11H,1-2H3,(H,28,33). The molecule has 0 aliphatic rings. The zero-order chi connectivity index (χ0) is 23.8. The molecule has 0 atom stereocenters. The van der Waals surface area contributed by atoms with E-state index in [0.29, 0.717) is 17.6 Å². The molecule has 0 bridgehead atoms. The highest BCUT2D eigenvalue weighted by molar-refractivity contribution is 6.05. The summed E-state index contributed by atoms with van der Waals surface area (Å²) in [5, 5.41) is 17.4. The monoisotopic (exact) mass is 460 g/mol. The number of nitrogens with one attached hydrogen (secondary N) is 1. The van der Waals surface area contributed by atoms with Crippen LogP contribution in [0.2, 0.25) is 0 Å². The lowest BCUT2D eigenvalue weighted by Gasteiger charge is -2.13. The van der Waals surface area contributed by atoms with E-state index < -0.39 is 23.5 Å². The van der Waals surface area contributed by atoms with Crippen molar-refractivity contribution in [3.63, 3.8) is 0 Å². The van der Waals surface area contributed by atoms with Gasteiger partial charge >= 0.3 is 6.18 Å². The van der Waals surface area contributed by atoms with Crippen LogP contribution in [-0.2, 0) is 6.18 Å². The molecular weight excluding hydrogens is 444 g/mol. The van der Waals surface area contributed by atoms with E-state index in [2.05, 4.69) is 30.9 Å². The van der Waals surface area contributed by atoms with E-state index in [-0.39, 0.29) is 23.0 Å². The Bertz CT molecular complexity index is 1280. The zero-order valence-corrected chi connectivity index (χ0v) is 17.2. The fraction of sp³-hybridized carbons (Fsp3) is 0.200. The molecule has 0 aliphatic carbocycles. The second-order valence-electron chi connectivity index (χ2n) is 7.29. The summed E-state index contributed by atoms with van der Waals surface area (Å²) >= 11 is 0. The molecule has 3 heterocycles. The van der Waals surface area contributed by atoms with Crippen molar-refractivity contribution < 1.29 is 22.4 Å². The summed E-state index contributed by atoms with van der Waals surface area (Å²) in [6.45, 7) is 3.57. The number of hydrogen-bond donors (Lipinski definition) is 1. The van der Waals surface area contributed by atoms with Gasteiger partial charge in [-0.05, 0) is 46.7 Å². The Labute approximate surface area is 184 Å². The van der Waals surface area contributed by atoms with E-state index >= 15 is 0 Å². The molecule has 0 radical (unpaired) electrons. The van der Waals surface area contributed by atoms with Gasteiger partial charge in [-0.2, -0.15) is 18.3 Å². The van der Waals surface area contributed by atoms with E-state index in [0.717, 1.165) is 12.1 Å². The maximum absolute atomic E-state index is 14.4. The number of carbonyl (C=O) groups excluding carboxylic acids is 1. The van der Waals surface area contributed by atoms with E-state index in [4.69, 9.17) is 0 Å². The number of rotatable bonds is 5. The minimum absolute atomic E-state index is 0.108. The molecule has 13 heteroatoms. The van der Waals surface area contributed by atoms with E-state index in [1.807, 2.05) is 0 Å². The highest BCUT2D eigenvalue weighted by Crippen LogP contribution is 2.30. The number of pyridine rings is 1. The third-order valence-corrected chi connectivity index (χ3v) is 4.70. The number of amides is 1. The van der Waals surface area contributed by atoms with Gasteiger partial charge in [0, 0.05) is 6.20 Å². The molecule has 0 saturated carbocycles. The van der Waals surface area contributed by atoms with Crippen molar-refractivity contribution in [2.45, 2.75) is 25.9 Å². The summed E-state index contributed by atoms with van der Waals surface area (Å²) < 4.78 is 55.4. The lowest BCUT2D eigenvalue weighted by molar-refractivity contribution is -0.137. The molecule has 4 rings (SSSR count). The van der Waals surface area contributed by atoms with Gasteiger partial charge in [0.1, 0.15) is 12.1 Å². The lowest BCUT2D eigenvalue weighted by atomic mass is 10.1. The third kappa shape index (κ3) is 4.42. The number of hydrogen-bond acceptors (Lipinski definition) is 6. The number of alkyl halides is 3. The van der Waals surface area contributed by atoms with Crippen molar-refractivity contribution in [2.24, 2.45) is 0 Å². The Morgan fingerprint density at radius 1 is 1.12 bits per heavy atom. The van der Waals surface area contributed by atoms with Gasteiger partial charge < -0.3 is 5.32 Å². The molecule has 0 saturated heterocycles. The predicted octanol–water partition coefficient (Wildman–Crippen LogP) is 3.78. The second kappa shape index (κ2) is 8.41. The molecule has 3 aromatic heterocycles. The first-order valence-electron chi connectivity index (χ1n) is 9.61. The Kier molecular flexibility index (Phi) is 5.62. The van der Waals surface area contributed by atoms with Crippen LogP contribution in [0, 0.1) is 5.82 Å². The summed E-state index contributed by atoms with van der Waals surface area (Å²) in [6.07, 6.45) is -1.26. The molecule has 1 aromatic carbocycles. The lowest BCUT2D eigenvalue weighted by Crippen LogP contribution is -2.17. The summed E-state index contributed by atoms with van der Waals surface area (Å²) in [6, 6.07) is 6.01. The van der Waals surface area contributed by atoms with Crippen molar-refractivity contribution in [1.82, 2.24) is 35.0 Å². The number of halogens is 4. The van der Waals surface area contributed by atoms with Crippen molar-refractivity contribution in [3.8, 4) is 11.5 Å². The smallest absolute Gasteiger partial charge is 0.319 e. The van der Waals surface area contributed by atoms with Crippen LogP contribution >= 0.6 is 0 Å². The van der Waals surface area contributed by atoms with Crippen molar-refractivity contribution in [3.05, 3.63) is 71.7 Å². The summed E-state index contributed by atoms with van der Waals surface area (Å²) in [5.41, 5.74) is -0.0651. The van der Waals surface area contributed by atoms with E-state index in [9.17, 15) is 22.4 Å². The van der Waals surface area contributed by atoms with Gasteiger partial charge in [0.05, 0.1) is 34.4 Å². The number of nitrogens with zero attached hydrogens (tertiary/aromatic N) is 7. The number of benzene rings is 1. The largest absolute Gasteiger partial charge is 0.417 e. The highest BCUT2D eigenvalue weighted by Gasteiger charge is 2.31. The molecule has 170 valence electrons. The molecular formula is C20H16F4N8O. The van der Waals surface area contributed by atoms with Gasteiger partial charge in [-0.25, -0.2) is 18.7 Å². The van der Waals surface area contributed by atoms with Gasteiger partial charge in [0.15, 0.2) is 5.82 Å². The van der Waals surface area contributed by atoms with E-state index in [1.54, 1.807) is 13.8 Å². The average Bonchev–Trinajstić information content (AvgIpc) is 3.45. The van der Waals surface area contributed by atoms with Crippen LogP contribution in [0.3, 0.4) is 0 Å². The maximum atomic E-state index is 14.4. The van der Waals surface area contributed by atoms with Crippen LogP contribution in [0.15, 0.2) is 49.1 Å².